The van der Waals surface area contributed by atoms with Crippen molar-refractivity contribution in [1.82, 2.24) is 14.9 Å². The van der Waals surface area contributed by atoms with E-state index < -0.39 is 0 Å². The molecule has 0 radical (unpaired) electrons. The number of benzene rings is 1. The number of nitrogens with zero attached hydrogens (tertiary/aromatic N) is 2. The number of amides is 1. The Kier molecular flexibility index (Phi) is 2.76. The van der Waals surface area contributed by atoms with Crippen molar-refractivity contribution in [1.29, 1.82) is 0 Å². The van der Waals surface area contributed by atoms with Crippen LogP contribution in [0.3, 0.4) is 0 Å². The Morgan fingerprint density at radius 3 is 3.22 bits per heavy atom. The zero-order valence-corrected chi connectivity index (χ0v) is 10.3. The number of anilines is 1. The number of carbonyl (C=O) groups is 1. The molecule has 0 bridgehead atoms. The number of aromatic nitrogens is 2. The molecule has 2 heterocycles. The maximum absolute atomic E-state index is 12.0. The SMILES string of the molecule is Cn1cnc2cc(NC(=O)C3CCCN3)ccc21. The summed E-state index contributed by atoms with van der Waals surface area (Å²) < 4.78 is 1.96. The van der Waals surface area contributed by atoms with Gasteiger partial charge in [0.25, 0.3) is 0 Å². The molecular weight excluding hydrogens is 228 g/mol. The fraction of sp³-hybridized carbons (Fsp3) is 0.385. The highest BCUT2D eigenvalue weighted by Gasteiger charge is 2.21. The fourth-order valence-corrected chi connectivity index (χ4v) is 2.35. The number of aryl methyl sites for hydroxylation is 1. The largest absolute Gasteiger partial charge is 0.334 e. The first-order valence-electron chi connectivity index (χ1n) is 6.19. The van der Waals surface area contributed by atoms with Crippen molar-refractivity contribution in [3.63, 3.8) is 0 Å². The Balaban J connectivity index is 1.79. The lowest BCUT2D eigenvalue weighted by Crippen LogP contribution is -2.35. The lowest BCUT2D eigenvalue weighted by atomic mass is 10.2. The van der Waals surface area contributed by atoms with E-state index in [1.165, 1.54) is 0 Å². The Morgan fingerprint density at radius 2 is 2.44 bits per heavy atom. The van der Waals surface area contributed by atoms with E-state index in [9.17, 15) is 4.79 Å². The first kappa shape index (κ1) is 11.2. The first-order chi connectivity index (χ1) is 8.74. The zero-order valence-electron chi connectivity index (χ0n) is 10.3. The van der Waals surface area contributed by atoms with Crippen LogP contribution in [0.2, 0.25) is 0 Å². The van der Waals surface area contributed by atoms with E-state index in [1.54, 1.807) is 6.33 Å². The lowest BCUT2D eigenvalue weighted by molar-refractivity contribution is -0.117. The van der Waals surface area contributed by atoms with E-state index in [-0.39, 0.29) is 11.9 Å². The summed E-state index contributed by atoms with van der Waals surface area (Å²) in [5.74, 6) is 0.0442. The third-order valence-corrected chi connectivity index (χ3v) is 3.37. The maximum atomic E-state index is 12.0. The molecule has 1 unspecified atom stereocenters. The highest BCUT2D eigenvalue weighted by Crippen LogP contribution is 2.18. The number of imidazole rings is 1. The maximum Gasteiger partial charge on any atom is 0.241 e. The summed E-state index contributed by atoms with van der Waals surface area (Å²) in [5, 5.41) is 6.12. The van der Waals surface area contributed by atoms with Crippen LogP contribution in [0, 0.1) is 0 Å². The van der Waals surface area contributed by atoms with Crippen molar-refractivity contribution in [2.75, 3.05) is 11.9 Å². The second-order valence-corrected chi connectivity index (χ2v) is 4.70. The lowest BCUT2D eigenvalue weighted by Gasteiger charge is -2.11. The third-order valence-electron chi connectivity index (χ3n) is 3.37. The molecule has 3 rings (SSSR count). The number of fused-ring (bicyclic) bond motifs is 1. The molecule has 0 aliphatic carbocycles. The minimum Gasteiger partial charge on any atom is -0.334 e. The molecule has 94 valence electrons. The summed E-state index contributed by atoms with van der Waals surface area (Å²) in [6, 6.07) is 5.74. The van der Waals surface area contributed by atoms with Crippen molar-refractivity contribution < 1.29 is 4.79 Å². The molecule has 1 aromatic heterocycles. The summed E-state index contributed by atoms with van der Waals surface area (Å²) in [5.41, 5.74) is 2.77. The molecule has 1 fully saturated rings. The van der Waals surface area contributed by atoms with Gasteiger partial charge in [0.05, 0.1) is 23.4 Å². The predicted molar refractivity (Wildman–Crippen MR) is 70.4 cm³/mol. The molecule has 1 amide bonds. The van der Waals surface area contributed by atoms with Crippen LogP contribution in [0.5, 0.6) is 0 Å². The van der Waals surface area contributed by atoms with Crippen LogP contribution < -0.4 is 10.6 Å². The average Bonchev–Trinajstić information content (AvgIpc) is 2.99. The van der Waals surface area contributed by atoms with Gasteiger partial charge in [0.2, 0.25) is 5.91 Å². The molecule has 18 heavy (non-hydrogen) atoms. The Bertz CT molecular complexity index is 584. The molecule has 5 nitrogen and oxygen atoms in total. The van der Waals surface area contributed by atoms with Gasteiger partial charge in [-0.3, -0.25) is 4.79 Å². The summed E-state index contributed by atoms with van der Waals surface area (Å²) in [6.07, 6.45) is 3.75. The minimum atomic E-state index is -0.0515. The van der Waals surface area contributed by atoms with E-state index in [0.717, 1.165) is 36.1 Å². The van der Waals surface area contributed by atoms with Gasteiger partial charge < -0.3 is 15.2 Å². The molecule has 5 heteroatoms. The molecule has 1 aliphatic rings. The highest BCUT2D eigenvalue weighted by atomic mass is 16.2. The molecule has 2 aromatic rings. The van der Waals surface area contributed by atoms with Crippen LogP contribution in [0.25, 0.3) is 11.0 Å². The Morgan fingerprint density at radius 1 is 1.56 bits per heavy atom. The molecule has 0 saturated carbocycles. The van der Waals surface area contributed by atoms with Crippen LogP contribution in [0.15, 0.2) is 24.5 Å². The molecule has 1 atom stereocenters. The number of hydrogen-bond donors (Lipinski definition) is 2. The summed E-state index contributed by atoms with van der Waals surface area (Å²) in [6.45, 7) is 0.928. The average molecular weight is 244 g/mol. The monoisotopic (exact) mass is 244 g/mol. The molecule has 1 aromatic carbocycles. The Labute approximate surface area is 105 Å². The number of hydrogen-bond acceptors (Lipinski definition) is 3. The normalized spacial score (nSPS) is 19.3. The number of rotatable bonds is 2. The van der Waals surface area contributed by atoms with Gasteiger partial charge in [-0.15, -0.1) is 0 Å². The van der Waals surface area contributed by atoms with Gasteiger partial charge in [0, 0.05) is 12.7 Å². The second-order valence-electron chi connectivity index (χ2n) is 4.70. The van der Waals surface area contributed by atoms with Crippen molar-refractivity contribution in [3.8, 4) is 0 Å². The Hall–Kier alpha value is -1.88. The fourth-order valence-electron chi connectivity index (χ4n) is 2.35. The number of nitrogens with one attached hydrogen (secondary N) is 2. The quantitative estimate of drug-likeness (QED) is 0.836. The molecule has 2 N–H and O–H groups in total. The minimum absolute atomic E-state index is 0.0442. The van der Waals surface area contributed by atoms with Gasteiger partial charge in [-0.25, -0.2) is 4.98 Å². The standard InChI is InChI=1S/C13H16N4O/c1-17-8-15-11-7-9(4-5-12(11)17)16-13(18)10-3-2-6-14-10/h4-5,7-8,10,14H,2-3,6H2,1H3,(H,16,18). The van der Waals surface area contributed by atoms with Gasteiger partial charge in [0.15, 0.2) is 0 Å². The topological polar surface area (TPSA) is 59.0 Å². The van der Waals surface area contributed by atoms with Gasteiger partial charge in [-0.05, 0) is 37.6 Å². The summed E-state index contributed by atoms with van der Waals surface area (Å²) in [4.78, 5) is 16.2. The highest BCUT2D eigenvalue weighted by molar-refractivity contribution is 5.96. The van der Waals surface area contributed by atoms with E-state index in [0.29, 0.717) is 0 Å². The smallest absolute Gasteiger partial charge is 0.241 e. The third kappa shape index (κ3) is 1.97. The first-order valence-corrected chi connectivity index (χ1v) is 6.19. The molecule has 1 saturated heterocycles. The zero-order chi connectivity index (χ0) is 12.5. The van der Waals surface area contributed by atoms with Crippen molar-refractivity contribution in [2.24, 2.45) is 7.05 Å². The number of carbonyl (C=O) groups excluding carboxylic acids is 1. The van der Waals surface area contributed by atoms with E-state index >= 15 is 0 Å². The molecular formula is C13H16N4O. The molecule has 1 aliphatic heterocycles. The summed E-state index contributed by atoms with van der Waals surface area (Å²) in [7, 11) is 1.95. The van der Waals surface area contributed by atoms with Crippen molar-refractivity contribution >= 4 is 22.6 Å². The van der Waals surface area contributed by atoms with Crippen LogP contribution in [-0.4, -0.2) is 28.0 Å². The summed E-state index contributed by atoms with van der Waals surface area (Å²) >= 11 is 0. The second kappa shape index (κ2) is 4.42. The van der Waals surface area contributed by atoms with Gasteiger partial charge in [0.1, 0.15) is 0 Å². The van der Waals surface area contributed by atoms with Crippen LogP contribution in [-0.2, 0) is 11.8 Å². The van der Waals surface area contributed by atoms with E-state index in [2.05, 4.69) is 15.6 Å². The van der Waals surface area contributed by atoms with Crippen LogP contribution >= 0.6 is 0 Å². The van der Waals surface area contributed by atoms with Gasteiger partial charge in [-0.1, -0.05) is 0 Å². The van der Waals surface area contributed by atoms with Crippen molar-refractivity contribution in [2.45, 2.75) is 18.9 Å². The van der Waals surface area contributed by atoms with Gasteiger partial charge in [-0.2, -0.15) is 0 Å². The van der Waals surface area contributed by atoms with Crippen LogP contribution in [0.4, 0.5) is 5.69 Å². The molecule has 0 spiro atoms. The van der Waals surface area contributed by atoms with E-state index in [4.69, 9.17) is 0 Å². The van der Waals surface area contributed by atoms with Gasteiger partial charge >= 0.3 is 0 Å². The predicted octanol–water partition coefficient (Wildman–Crippen LogP) is 1.26. The van der Waals surface area contributed by atoms with Crippen LogP contribution in [0.1, 0.15) is 12.8 Å². The van der Waals surface area contributed by atoms with Crippen molar-refractivity contribution in [3.05, 3.63) is 24.5 Å². The van der Waals surface area contributed by atoms with E-state index in [1.807, 2.05) is 29.8 Å².